The second-order valence-electron chi connectivity index (χ2n) is 3.91. The highest BCUT2D eigenvalue weighted by atomic mass is 35.5. The van der Waals surface area contributed by atoms with Crippen LogP contribution in [0.15, 0.2) is 18.6 Å². The molecule has 2 aromatic rings. The van der Waals surface area contributed by atoms with Crippen LogP contribution in [0.3, 0.4) is 0 Å². The zero-order valence-electron chi connectivity index (χ0n) is 9.43. The van der Waals surface area contributed by atoms with Gasteiger partial charge < -0.3 is 4.98 Å². The summed E-state index contributed by atoms with van der Waals surface area (Å²) in [5.41, 5.74) is 1.11. The highest BCUT2D eigenvalue weighted by Crippen LogP contribution is 2.26. The van der Waals surface area contributed by atoms with E-state index in [1.807, 2.05) is 0 Å². The van der Waals surface area contributed by atoms with Crippen LogP contribution in [-0.2, 0) is 12.8 Å². The normalized spacial score (nSPS) is 11.8. The lowest BCUT2D eigenvalue weighted by Gasteiger charge is -2.05. The van der Waals surface area contributed by atoms with Crippen LogP contribution in [0, 0.1) is 0 Å². The predicted molar refractivity (Wildman–Crippen MR) is 65.4 cm³/mol. The molecule has 2 aromatic heterocycles. The number of aromatic amines is 1. The number of aromatic nitrogens is 3. The van der Waals surface area contributed by atoms with Crippen LogP contribution < -0.4 is 0 Å². The Morgan fingerprint density at radius 1 is 1.11 bits per heavy atom. The molecule has 0 atom stereocenters. The molecule has 0 fully saturated rings. The Labute approximate surface area is 116 Å². The third-order valence-corrected chi connectivity index (χ3v) is 3.02. The molecule has 0 aromatic carbocycles. The molecule has 0 bridgehead atoms. The van der Waals surface area contributed by atoms with Gasteiger partial charge in [-0.25, -0.2) is 4.98 Å². The number of nitrogens with one attached hydrogen (secondary N) is 1. The number of imidazole rings is 1. The number of H-pyrrole nitrogens is 1. The fourth-order valence-corrected chi connectivity index (χ4v) is 2.07. The van der Waals surface area contributed by atoms with Crippen LogP contribution in [0.5, 0.6) is 0 Å². The van der Waals surface area contributed by atoms with Crippen molar-refractivity contribution in [2.75, 3.05) is 0 Å². The molecule has 8 heteroatoms. The lowest BCUT2D eigenvalue weighted by molar-refractivity contribution is -0.128. The number of nitrogens with zero attached hydrogens (tertiary/aromatic N) is 2. The molecule has 0 saturated carbocycles. The molecule has 0 saturated heterocycles. The third kappa shape index (κ3) is 3.84. The molecule has 3 nitrogen and oxygen atoms in total. The van der Waals surface area contributed by atoms with Crippen LogP contribution in [0.25, 0.3) is 0 Å². The number of hydrogen-bond donors (Lipinski definition) is 1. The van der Waals surface area contributed by atoms with Gasteiger partial charge in [-0.1, -0.05) is 23.2 Å². The molecular formula is C11H8Cl2F3N3. The van der Waals surface area contributed by atoms with Crippen molar-refractivity contribution >= 4 is 23.2 Å². The predicted octanol–water partition coefficient (Wildman–Crippen LogP) is 3.81. The van der Waals surface area contributed by atoms with Crippen molar-refractivity contribution in [3.63, 3.8) is 0 Å². The van der Waals surface area contributed by atoms with Crippen molar-refractivity contribution < 1.29 is 13.2 Å². The first-order chi connectivity index (χ1) is 8.85. The Morgan fingerprint density at radius 2 is 1.74 bits per heavy atom. The number of hydrogen-bond acceptors (Lipinski definition) is 2. The maximum Gasteiger partial charge on any atom is 0.396 e. The zero-order chi connectivity index (χ0) is 14.0. The van der Waals surface area contributed by atoms with Gasteiger partial charge in [0.15, 0.2) is 0 Å². The molecule has 2 rings (SSSR count). The summed E-state index contributed by atoms with van der Waals surface area (Å²) in [5, 5.41) is 0.721. The topological polar surface area (TPSA) is 41.6 Å². The molecule has 0 amide bonds. The van der Waals surface area contributed by atoms with Gasteiger partial charge in [-0.15, -0.1) is 0 Å². The summed E-state index contributed by atoms with van der Waals surface area (Å²) in [6.07, 6.45) is -0.920. The first-order valence-corrected chi connectivity index (χ1v) is 5.98. The Hall–Kier alpha value is -1.27. The first-order valence-electron chi connectivity index (χ1n) is 5.22. The lowest BCUT2D eigenvalue weighted by Crippen LogP contribution is -2.12. The van der Waals surface area contributed by atoms with Gasteiger partial charge in [-0.05, 0) is 5.56 Å². The highest BCUT2D eigenvalue weighted by Gasteiger charge is 2.29. The van der Waals surface area contributed by atoms with Crippen molar-refractivity contribution in [2.45, 2.75) is 19.0 Å². The molecule has 0 aliphatic rings. The van der Waals surface area contributed by atoms with Gasteiger partial charge in [0.05, 0.1) is 10.0 Å². The number of halogens is 5. The van der Waals surface area contributed by atoms with Crippen molar-refractivity contribution in [3.05, 3.63) is 45.7 Å². The van der Waals surface area contributed by atoms with Crippen LogP contribution >= 0.6 is 23.2 Å². The lowest BCUT2D eigenvalue weighted by atomic mass is 10.1. The second kappa shape index (κ2) is 5.38. The van der Waals surface area contributed by atoms with Crippen molar-refractivity contribution in [1.29, 1.82) is 0 Å². The molecule has 19 heavy (non-hydrogen) atoms. The van der Waals surface area contributed by atoms with Crippen LogP contribution in [0.4, 0.5) is 13.2 Å². The summed E-state index contributed by atoms with van der Waals surface area (Å²) >= 11 is 11.9. The minimum atomic E-state index is -4.29. The molecule has 0 spiro atoms. The summed E-state index contributed by atoms with van der Waals surface area (Å²) in [6, 6.07) is 0. The maximum atomic E-state index is 12.2. The van der Waals surface area contributed by atoms with E-state index in [0.29, 0.717) is 21.3 Å². The van der Waals surface area contributed by atoms with E-state index in [0.717, 1.165) is 0 Å². The molecule has 0 radical (unpaired) electrons. The molecule has 0 aliphatic carbocycles. The average Bonchev–Trinajstić information content (AvgIpc) is 2.69. The SMILES string of the molecule is FC(F)(F)Cc1ncc(Cc2c(Cl)cncc2Cl)[nH]1. The van der Waals surface area contributed by atoms with Gasteiger partial charge in [0.25, 0.3) is 0 Å². The van der Waals surface area contributed by atoms with Gasteiger partial charge in [0, 0.05) is 30.7 Å². The summed E-state index contributed by atoms with van der Waals surface area (Å²) in [5.74, 6) is -0.135. The van der Waals surface area contributed by atoms with Crippen molar-refractivity contribution in [3.8, 4) is 0 Å². The van der Waals surface area contributed by atoms with Gasteiger partial charge in [0.1, 0.15) is 12.2 Å². The van der Waals surface area contributed by atoms with Crippen LogP contribution in [0.2, 0.25) is 10.0 Å². The molecule has 1 N–H and O–H groups in total. The van der Waals surface area contributed by atoms with Gasteiger partial charge in [-0.3, -0.25) is 4.98 Å². The molecular weight excluding hydrogens is 302 g/mol. The van der Waals surface area contributed by atoms with Gasteiger partial charge in [-0.2, -0.15) is 13.2 Å². The standard InChI is InChI=1S/C11H8Cl2F3N3/c12-8-4-17-5-9(13)7(8)1-6-3-18-10(19-6)2-11(14,15)16/h3-5H,1-2H2,(H,18,19). The average molecular weight is 310 g/mol. The Balaban J connectivity index is 2.16. The smallest absolute Gasteiger partial charge is 0.345 e. The Bertz CT molecular complexity index is 561. The number of alkyl halides is 3. The minimum absolute atomic E-state index is 0.135. The van der Waals surface area contributed by atoms with E-state index in [-0.39, 0.29) is 12.2 Å². The summed E-state index contributed by atoms with van der Waals surface area (Å²) in [6.45, 7) is 0. The van der Waals surface area contributed by atoms with E-state index < -0.39 is 12.6 Å². The summed E-state index contributed by atoms with van der Waals surface area (Å²) in [4.78, 5) is 10.1. The van der Waals surface area contributed by atoms with Crippen molar-refractivity contribution in [2.24, 2.45) is 0 Å². The fraction of sp³-hybridized carbons (Fsp3) is 0.273. The fourth-order valence-electron chi connectivity index (χ4n) is 1.57. The minimum Gasteiger partial charge on any atom is -0.345 e. The summed E-state index contributed by atoms with van der Waals surface area (Å²) < 4.78 is 36.6. The Kier molecular flexibility index (Phi) is 4.01. The van der Waals surface area contributed by atoms with E-state index in [4.69, 9.17) is 23.2 Å². The maximum absolute atomic E-state index is 12.2. The second-order valence-corrected chi connectivity index (χ2v) is 4.72. The van der Waals surface area contributed by atoms with E-state index in [1.165, 1.54) is 18.6 Å². The zero-order valence-corrected chi connectivity index (χ0v) is 10.9. The molecule has 0 aliphatic heterocycles. The molecule has 2 heterocycles. The number of rotatable bonds is 3. The monoisotopic (exact) mass is 309 g/mol. The van der Waals surface area contributed by atoms with Gasteiger partial charge >= 0.3 is 6.18 Å². The van der Waals surface area contributed by atoms with E-state index in [9.17, 15) is 13.2 Å². The largest absolute Gasteiger partial charge is 0.396 e. The van der Waals surface area contributed by atoms with Crippen LogP contribution in [-0.4, -0.2) is 21.1 Å². The van der Waals surface area contributed by atoms with E-state index in [1.54, 1.807) is 0 Å². The molecule has 102 valence electrons. The number of pyridine rings is 1. The molecule has 0 unspecified atom stereocenters. The third-order valence-electron chi connectivity index (χ3n) is 2.37. The summed E-state index contributed by atoms with van der Waals surface area (Å²) in [7, 11) is 0. The van der Waals surface area contributed by atoms with Crippen molar-refractivity contribution in [1.82, 2.24) is 15.0 Å². The Morgan fingerprint density at radius 3 is 2.32 bits per heavy atom. The van der Waals surface area contributed by atoms with Crippen LogP contribution in [0.1, 0.15) is 17.1 Å². The van der Waals surface area contributed by atoms with E-state index in [2.05, 4.69) is 15.0 Å². The van der Waals surface area contributed by atoms with E-state index >= 15 is 0 Å². The van der Waals surface area contributed by atoms with Gasteiger partial charge in [0.2, 0.25) is 0 Å². The quantitative estimate of drug-likeness (QED) is 0.936. The highest BCUT2D eigenvalue weighted by molar-refractivity contribution is 6.35. The first kappa shape index (κ1) is 14.1.